The summed E-state index contributed by atoms with van der Waals surface area (Å²) in [4.78, 5) is 17.8. The topological polar surface area (TPSA) is 46.4 Å². The minimum absolute atomic E-state index is 0.126. The number of rotatable bonds is 3. The van der Waals surface area contributed by atoms with Gasteiger partial charge in [-0.2, -0.15) is 0 Å². The number of carbonyl (C=O) groups is 1. The molecule has 0 spiro atoms. The molecular formula is C24H22ClN3OS. The van der Waals surface area contributed by atoms with Crippen LogP contribution in [0.1, 0.15) is 28.1 Å². The second-order valence-corrected chi connectivity index (χ2v) is 8.93. The molecule has 6 heteroatoms. The summed E-state index contributed by atoms with van der Waals surface area (Å²) in [6.07, 6.45) is 1.93. The van der Waals surface area contributed by atoms with Crippen LogP contribution in [0.25, 0.3) is 11.8 Å². The number of aryl methyl sites for hydroxylation is 3. The molecule has 4 nitrogen and oxygen atoms in total. The van der Waals surface area contributed by atoms with Crippen LogP contribution in [0.4, 0.5) is 5.69 Å². The molecule has 1 aliphatic rings. The van der Waals surface area contributed by atoms with E-state index in [9.17, 15) is 4.79 Å². The number of aromatic nitrogens is 1. The van der Waals surface area contributed by atoms with Crippen LogP contribution in [0, 0.1) is 27.7 Å². The van der Waals surface area contributed by atoms with Gasteiger partial charge in [0.25, 0.3) is 5.91 Å². The summed E-state index contributed by atoms with van der Waals surface area (Å²) >= 11 is 7.39. The van der Waals surface area contributed by atoms with Crippen molar-refractivity contribution in [1.29, 1.82) is 0 Å². The predicted molar refractivity (Wildman–Crippen MR) is 127 cm³/mol. The van der Waals surface area contributed by atoms with E-state index in [-0.39, 0.29) is 5.91 Å². The molecule has 1 N–H and O–H groups in total. The van der Waals surface area contributed by atoms with Crippen LogP contribution in [0.3, 0.4) is 0 Å². The highest BCUT2D eigenvalue weighted by Gasteiger charge is 2.24. The van der Waals surface area contributed by atoms with Crippen LogP contribution in [0.5, 0.6) is 0 Å². The van der Waals surface area contributed by atoms with E-state index in [4.69, 9.17) is 11.6 Å². The highest BCUT2D eigenvalue weighted by atomic mass is 35.5. The first kappa shape index (κ1) is 20.5. The summed E-state index contributed by atoms with van der Waals surface area (Å²) in [5.41, 5.74) is 7.35. The third-order valence-electron chi connectivity index (χ3n) is 4.93. The fraction of sp³-hybridized carbons (Fsp3) is 0.167. The molecule has 0 bridgehead atoms. The van der Waals surface area contributed by atoms with Crippen LogP contribution in [-0.4, -0.2) is 15.6 Å². The molecule has 3 aromatic rings. The SMILES string of the molecule is Cc1cc(C)cc(N=C2NC(=O)C(=Cc3cc(C)n(-c4ccc(Cl)cc4)c3C)S2)c1. The summed E-state index contributed by atoms with van der Waals surface area (Å²) in [6.45, 7) is 8.19. The minimum Gasteiger partial charge on any atom is -0.318 e. The summed E-state index contributed by atoms with van der Waals surface area (Å²) in [7, 11) is 0. The Morgan fingerprint density at radius 1 is 1.00 bits per heavy atom. The Hall–Kier alpha value is -2.76. The molecule has 2 aromatic carbocycles. The van der Waals surface area contributed by atoms with Crippen molar-refractivity contribution in [3.05, 3.63) is 86.5 Å². The number of hydrogen-bond donors (Lipinski definition) is 1. The van der Waals surface area contributed by atoms with E-state index in [0.717, 1.165) is 39.5 Å². The molecule has 4 rings (SSSR count). The molecule has 1 fully saturated rings. The number of nitrogens with one attached hydrogen (secondary N) is 1. The van der Waals surface area contributed by atoms with Gasteiger partial charge in [0.2, 0.25) is 0 Å². The lowest BCUT2D eigenvalue weighted by Crippen LogP contribution is -2.19. The summed E-state index contributed by atoms with van der Waals surface area (Å²) < 4.78 is 2.16. The average Bonchev–Trinajstić information content (AvgIpc) is 3.14. The summed E-state index contributed by atoms with van der Waals surface area (Å²) in [5.74, 6) is -0.126. The average molecular weight is 436 g/mol. The first-order chi connectivity index (χ1) is 14.3. The fourth-order valence-electron chi connectivity index (χ4n) is 3.68. The van der Waals surface area contributed by atoms with Gasteiger partial charge in [0.15, 0.2) is 5.17 Å². The van der Waals surface area contributed by atoms with Gasteiger partial charge in [-0.1, -0.05) is 17.7 Å². The first-order valence-electron chi connectivity index (χ1n) is 9.63. The number of halogens is 1. The van der Waals surface area contributed by atoms with Gasteiger partial charge in [-0.15, -0.1) is 0 Å². The molecule has 2 heterocycles. The summed E-state index contributed by atoms with van der Waals surface area (Å²) in [5, 5.41) is 4.18. The maximum absolute atomic E-state index is 12.5. The van der Waals surface area contributed by atoms with Crippen molar-refractivity contribution >= 4 is 46.2 Å². The second-order valence-electron chi connectivity index (χ2n) is 7.47. The third-order valence-corrected chi connectivity index (χ3v) is 6.09. The molecule has 152 valence electrons. The van der Waals surface area contributed by atoms with Gasteiger partial charge in [0.1, 0.15) is 0 Å². The van der Waals surface area contributed by atoms with Crippen LogP contribution in [0.15, 0.2) is 58.4 Å². The third kappa shape index (κ3) is 4.23. The van der Waals surface area contributed by atoms with Gasteiger partial charge in [0.05, 0.1) is 10.6 Å². The van der Waals surface area contributed by atoms with Crippen molar-refractivity contribution in [2.75, 3.05) is 0 Å². The number of benzene rings is 2. The highest BCUT2D eigenvalue weighted by Crippen LogP contribution is 2.31. The zero-order valence-electron chi connectivity index (χ0n) is 17.3. The van der Waals surface area contributed by atoms with Crippen LogP contribution < -0.4 is 5.32 Å². The fourth-order valence-corrected chi connectivity index (χ4v) is 4.63. The van der Waals surface area contributed by atoms with E-state index in [1.165, 1.54) is 11.8 Å². The molecule has 30 heavy (non-hydrogen) atoms. The molecule has 1 aromatic heterocycles. The van der Waals surface area contributed by atoms with E-state index in [1.54, 1.807) is 0 Å². The number of aliphatic imine (C=N–C) groups is 1. The maximum atomic E-state index is 12.5. The number of thioether (sulfide) groups is 1. The van der Waals surface area contributed by atoms with Crippen LogP contribution >= 0.6 is 23.4 Å². The van der Waals surface area contributed by atoms with Crippen molar-refractivity contribution in [2.24, 2.45) is 4.99 Å². The van der Waals surface area contributed by atoms with Crippen molar-refractivity contribution in [3.8, 4) is 5.69 Å². The first-order valence-corrected chi connectivity index (χ1v) is 10.8. The van der Waals surface area contributed by atoms with Gasteiger partial charge in [-0.25, -0.2) is 4.99 Å². The molecule has 1 aliphatic heterocycles. The van der Waals surface area contributed by atoms with Gasteiger partial charge < -0.3 is 9.88 Å². The van der Waals surface area contributed by atoms with E-state index in [1.807, 2.05) is 56.3 Å². The molecule has 0 atom stereocenters. The Balaban J connectivity index is 1.64. The number of hydrogen-bond acceptors (Lipinski definition) is 3. The van der Waals surface area contributed by atoms with Gasteiger partial charge in [0, 0.05) is 22.1 Å². The lowest BCUT2D eigenvalue weighted by molar-refractivity contribution is -0.115. The van der Waals surface area contributed by atoms with Gasteiger partial charge in [-0.3, -0.25) is 4.79 Å². The van der Waals surface area contributed by atoms with Crippen molar-refractivity contribution in [1.82, 2.24) is 9.88 Å². The van der Waals surface area contributed by atoms with Crippen molar-refractivity contribution in [2.45, 2.75) is 27.7 Å². The van der Waals surface area contributed by atoms with Crippen LogP contribution in [0.2, 0.25) is 5.02 Å². The van der Waals surface area contributed by atoms with E-state index in [2.05, 4.69) is 40.9 Å². The van der Waals surface area contributed by atoms with Gasteiger partial charge in [-0.05, 0) is 105 Å². The second kappa shape index (κ2) is 8.17. The maximum Gasteiger partial charge on any atom is 0.264 e. The minimum atomic E-state index is -0.126. The number of amidine groups is 1. The molecule has 1 saturated heterocycles. The quantitative estimate of drug-likeness (QED) is 0.494. The van der Waals surface area contributed by atoms with E-state index >= 15 is 0 Å². The Kier molecular flexibility index (Phi) is 5.58. The number of carbonyl (C=O) groups excluding carboxylic acids is 1. The van der Waals surface area contributed by atoms with E-state index < -0.39 is 0 Å². The lowest BCUT2D eigenvalue weighted by Gasteiger charge is -2.09. The van der Waals surface area contributed by atoms with Crippen LogP contribution in [-0.2, 0) is 4.79 Å². The lowest BCUT2D eigenvalue weighted by atomic mass is 10.1. The zero-order chi connectivity index (χ0) is 21.4. The van der Waals surface area contributed by atoms with Crippen molar-refractivity contribution in [3.63, 3.8) is 0 Å². The normalized spacial score (nSPS) is 16.5. The smallest absolute Gasteiger partial charge is 0.264 e. The molecule has 0 aliphatic carbocycles. The predicted octanol–water partition coefficient (Wildman–Crippen LogP) is 6.26. The Morgan fingerprint density at radius 3 is 2.33 bits per heavy atom. The molecular weight excluding hydrogens is 414 g/mol. The van der Waals surface area contributed by atoms with Crippen molar-refractivity contribution < 1.29 is 4.79 Å². The largest absolute Gasteiger partial charge is 0.318 e. The molecule has 0 unspecified atom stereocenters. The number of nitrogens with zero attached hydrogens (tertiary/aromatic N) is 2. The molecule has 0 radical (unpaired) electrons. The standard InChI is InChI=1S/C24H22ClN3OS/c1-14-9-15(2)11-20(10-14)26-24-27-23(29)22(30-24)13-18-12-16(3)28(17(18)4)21-7-5-19(25)6-8-21/h5-13H,1-4H3,(H,26,27,29). The molecule has 1 amide bonds. The zero-order valence-corrected chi connectivity index (χ0v) is 18.9. The Bertz CT molecular complexity index is 1190. The molecule has 0 saturated carbocycles. The Labute approximate surface area is 185 Å². The Morgan fingerprint density at radius 2 is 1.67 bits per heavy atom. The van der Waals surface area contributed by atoms with Gasteiger partial charge >= 0.3 is 0 Å². The highest BCUT2D eigenvalue weighted by molar-refractivity contribution is 8.18. The number of amides is 1. The monoisotopic (exact) mass is 435 g/mol. The summed E-state index contributed by atoms with van der Waals surface area (Å²) in [6, 6.07) is 15.9. The van der Waals surface area contributed by atoms with E-state index in [0.29, 0.717) is 15.1 Å².